The lowest BCUT2D eigenvalue weighted by atomic mass is 9.88. The average molecular weight is 239 g/mol. The summed E-state index contributed by atoms with van der Waals surface area (Å²) in [7, 11) is 4.23. The topological polar surface area (TPSA) is 15.3 Å². The molecule has 3 heteroatoms. The van der Waals surface area contributed by atoms with E-state index in [4.69, 9.17) is 11.6 Å². The summed E-state index contributed by atoms with van der Waals surface area (Å²) in [5.74, 6) is 0.619. The number of piperidine rings is 1. The number of benzene rings is 1. The molecular formula is C13H19ClN2. The van der Waals surface area contributed by atoms with E-state index in [-0.39, 0.29) is 0 Å². The highest BCUT2D eigenvalue weighted by atomic mass is 35.5. The van der Waals surface area contributed by atoms with Crippen LogP contribution < -0.4 is 5.32 Å². The smallest absolute Gasteiger partial charge is 0.0406 e. The molecular weight excluding hydrogens is 220 g/mol. The summed E-state index contributed by atoms with van der Waals surface area (Å²) < 4.78 is 0. The Labute approximate surface area is 103 Å². The minimum atomic E-state index is 0.597. The number of nitrogens with one attached hydrogen (secondary N) is 1. The molecule has 2 rings (SSSR count). The van der Waals surface area contributed by atoms with Crippen LogP contribution in [-0.4, -0.2) is 38.1 Å². The Morgan fingerprint density at radius 1 is 1.25 bits per heavy atom. The maximum Gasteiger partial charge on any atom is 0.0406 e. The zero-order valence-electron chi connectivity index (χ0n) is 9.91. The Bertz CT molecular complexity index is 336. The number of likely N-dealkylation sites (tertiary alicyclic amines) is 1. The molecule has 0 aromatic heterocycles. The van der Waals surface area contributed by atoms with Crippen molar-refractivity contribution in [2.75, 3.05) is 27.2 Å². The van der Waals surface area contributed by atoms with Crippen molar-refractivity contribution >= 4 is 11.6 Å². The average Bonchev–Trinajstić information content (AvgIpc) is 2.29. The van der Waals surface area contributed by atoms with E-state index < -0.39 is 0 Å². The van der Waals surface area contributed by atoms with Crippen LogP contribution >= 0.6 is 11.6 Å². The van der Waals surface area contributed by atoms with Gasteiger partial charge >= 0.3 is 0 Å². The quantitative estimate of drug-likeness (QED) is 0.851. The number of halogens is 1. The number of hydrogen-bond acceptors (Lipinski definition) is 2. The van der Waals surface area contributed by atoms with E-state index in [1.54, 1.807) is 0 Å². The van der Waals surface area contributed by atoms with E-state index in [0.717, 1.165) is 18.1 Å². The molecule has 2 nitrogen and oxygen atoms in total. The fourth-order valence-corrected chi connectivity index (χ4v) is 2.63. The van der Waals surface area contributed by atoms with Crippen LogP contribution in [-0.2, 0) is 0 Å². The van der Waals surface area contributed by atoms with Gasteiger partial charge in [-0.15, -0.1) is 0 Å². The highest BCUT2D eigenvalue weighted by Gasteiger charge is 2.25. The lowest BCUT2D eigenvalue weighted by molar-refractivity contribution is 0.210. The van der Waals surface area contributed by atoms with E-state index in [1.807, 2.05) is 19.2 Å². The van der Waals surface area contributed by atoms with Crippen molar-refractivity contribution in [1.29, 1.82) is 0 Å². The molecule has 1 aliphatic rings. The van der Waals surface area contributed by atoms with Gasteiger partial charge in [-0.25, -0.2) is 0 Å². The predicted molar refractivity (Wildman–Crippen MR) is 69.2 cm³/mol. The first-order valence-corrected chi connectivity index (χ1v) is 6.18. The van der Waals surface area contributed by atoms with Crippen LogP contribution in [0.25, 0.3) is 0 Å². The van der Waals surface area contributed by atoms with Gasteiger partial charge in [0.15, 0.2) is 0 Å². The van der Waals surface area contributed by atoms with E-state index in [9.17, 15) is 0 Å². The molecule has 0 bridgehead atoms. The Morgan fingerprint density at radius 3 is 2.56 bits per heavy atom. The van der Waals surface area contributed by atoms with E-state index in [2.05, 4.69) is 29.4 Å². The minimum absolute atomic E-state index is 0.597. The van der Waals surface area contributed by atoms with Crippen LogP contribution in [0.2, 0.25) is 5.02 Å². The SMILES string of the molecule is CNC1CC(c2ccc(Cl)cc2)CN(C)C1. The maximum absolute atomic E-state index is 5.91. The second-order valence-electron chi connectivity index (χ2n) is 4.69. The van der Waals surface area contributed by atoms with Crippen LogP contribution in [0, 0.1) is 0 Å². The zero-order chi connectivity index (χ0) is 11.5. The molecule has 88 valence electrons. The molecule has 0 saturated carbocycles. The summed E-state index contributed by atoms with van der Waals surface area (Å²) in [6.45, 7) is 2.28. The Morgan fingerprint density at radius 2 is 1.94 bits per heavy atom. The summed E-state index contributed by atoms with van der Waals surface area (Å²) in [5.41, 5.74) is 1.40. The highest BCUT2D eigenvalue weighted by Crippen LogP contribution is 2.27. The number of rotatable bonds is 2. The molecule has 1 fully saturated rings. The molecule has 1 N–H and O–H groups in total. The van der Waals surface area contributed by atoms with E-state index in [0.29, 0.717) is 12.0 Å². The van der Waals surface area contributed by atoms with E-state index >= 15 is 0 Å². The molecule has 1 aromatic carbocycles. The van der Waals surface area contributed by atoms with Gasteiger partial charge in [0.1, 0.15) is 0 Å². The fourth-order valence-electron chi connectivity index (χ4n) is 2.51. The van der Waals surface area contributed by atoms with Crippen LogP contribution in [0.4, 0.5) is 0 Å². The molecule has 1 heterocycles. The third-order valence-electron chi connectivity index (χ3n) is 3.38. The van der Waals surface area contributed by atoms with Crippen LogP contribution in [0.5, 0.6) is 0 Å². The Balaban J connectivity index is 2.11. The maximum atomic E-state index is 5.91. The lowest BCUT2D eigenvalue weighted by Crippen LogP contribution is -2.45. The van der Waals surface area contributed by atoms with Crippen molar-refractivity contribution in [3.8, 4) is 0 Å². The number of likely N-dealkylation sites (N-methyl/N-ethyl adjacent to an activating group) is 2. The summed E-state index contributed by atoms with van der Waals surface area (Å²) >= 11 is 5.91. The molecule has 1 saturated heterocycles. The zero-order valence-corrected chi connectivity index (χ0v) is 10.7. The van der Waals surface area contributed by atoms with Crippen molar-refractivity contribution in [2.45, 2.75) is 18.4 Å². The molecule has 2 unspecified atom stereocenters. The molecule has 0 radical (unpaired) electrons. The Kier molecular flexibility index (Phi) is 3.85. The van der Waals surface area contributed by atoms with Gasteiger partial charge in [0.2, 0.25) is 0 Å². The van der Waals surface area contributed by atoms with Gasteiger partial charge in [0.05, 0.1) is 0 Å². The van der Waals surface area contributed by atoms with E-state index in [1.165, 1.54) is 12.0 Å². The van der Waals surface area contributed by atoms with Crippen molar-refractivity contribution < 1.29 is 0 Å². The third kappa shape index (κ3) is 2.76. The number of nitrogens with zero attached hydrogens (tertiary/aromatic N) is 1. The second kappa shape index (κ2) is 5.17. The highest BCUT2D eigenvalue weighted by molar-refractivity contribution is 6.30. The molecule has 2 atom stereocenters. The standard InChI is InChI=1S/C13H19ClN2/c1-15-13-7-11(8-16(2)9-13)10-3-5-12(14)6-4-10/h3-6,11,13,15H,7-9H2,1-2H3. The van der Waals surface area contributed by atoms with Crippen molar-refractivity contribution in [2.24, 2.45) is 0 Å². The molecule has 16 heavy (non-hydrogen) atoms. The molecule has 1 aromatic rings. The van der Waals surface area contributed by atoms with Crippen LogP contribution in [0.1, 0.15) is 17.9 Å². The summed E-state index contributed by atoms with van der Waals surface area (Å²) in [6, 6.07) is 8.87. The van der Waals surface area contributed by atoms with Gasteiger partial charge in [-0.2, -0.15) is 0 Å². The van der Waals surface area contributed by atoms with Crippen LogP contribution in [0.15, 0.2) is 24.3 Å². The lowest BCUT2D eigenvalue weighted by Gasteiger charge is -2.35. The van der Waals surface area contributed by atoms with Gasteiger partial charge in [0, 0.05) is 24.2 Å². The Hall–Kier alpha value is -0.570. The first kappa shape index (κ1) is 11.9. The molecule has 0 amide bonds. The van der Waals surface area contributed by atoms with Crippen molar-refractivity contribution in [1.82, 2.24) is 10.2 Å². The van der Waals surface area contributed by atoms with Gasteiger partial charge in [-0.05, 0) is 44.1 Å². The van der Waals surface area contributed by atoms with Gasteiger partial charge in [-0.1, -0.05) is 23.7 Å². The summed E-state index contributed by atoms with van der Waals surface area (Å²) in [6.07, 6.45) is 1.21. The largest absolute Gasteiger partial charge is 0.316 e. The van der Waals surface area contributed by atoms with Crippen LogP contribution in [0.3, 0.4) is 0 Å². The monoisotopic (exact) mass is 238 g/mol. The normalized spacial score (nSPS) is 26.9. The summed E-state index contributed by atoms with van der Waals surface area (Å²) in [5, 5.41) is 4.20. The van der Waals surface area contributed by atoms with Gasteiger partial charge < -0.3 is 10.2 Å². The number of hydrogen-bond donors (Lipinski definition) is 1. The van der Waals surface area contributed by atoms with Gasteiger partial charge in [0.25, 0.3) is 0 Å². The third-order valence-corrected chi connectivity index (χ3v) is 3.63. The first-order valence-electron chi connectivity index (χ1n) is 5.80. The molecule has 0 spiro atoms. The first-order chi connectivity index (χ1) is 7.69. The van der Waals surface area contributed by atoms with Gasteiger partial charge in [-0.3, -0.25) is 0 Å². The minimum Gasteiger partial charge on any atom is -0.316 e. The fraction of sp³-hybridized carbons (Fsp3) is 0.538. The van der Waals surface area contributed by atoms with Crippen molar-refractivity contribution in [3.63, 3.8) is 0 Å². The molecule has 0 aliphatic carbocycles. The summed E-state index contributed by atoms with van der Waals surface area (Å²) in [4.78, 5) is 2.39. The molecule has 1 aliphatic heterocycles. The predicted octanol–water partition coefficient (Wildman–Crippen LogP) is 2.35. The van der Waals surface area contributed by atoms with Crippen molar-refractivity contribution in [3.05, 3.63) is 34.9 Å². The second-order valence-corrected chi connectivity index (χ2v) is 5.13.